The maximum Gasteiger partial charge on any atom is 0.322 e. The van der Waals surface area contributed by atoms with E-state index in [0.29, 0.717) is 36.1 Å². The number of ether oxygens (including phenoxy) is 1. The van der Waals surface area contributed by atoms with Gasteiger partial charge in [-0.1, -0.05) is 5.16 Å². The Balaban J connectivity index is 1.43. The second kappa shape index (κ2) is 7.90. The molecule has 5 rings (SSSR count). The topological polar surface area (TPSA) is 122 Å². The predicted octanol–water partition coefficient (Wildman–Crippen LogP) is 3.19. The van der Waals surface area contributed by atoms with Crippen LogP contribution in [0.5, 0.6) is 5.75 Å². The monoisotopic (exact) mass is 417 g/mol. The Hall–Kier alpha value is -4.21. The summed E-state index contributed by atoms with van der Waals surface area (Å²) < 4.78 is 10.7. The molecule has 4 aromatic rings. The van der Waals surface area contributed by atoms with Crippen molar-refractivity contribution in [3.63, 3.8) is 0 Å². The fourth-order valence-electron chi connectivity index (χ4n) is 3.53. The number of pyridine rings is 1. The van der Waals surface area contributed by atoms with Crippen LogP contribution < -0.4 is 10.1 Å². The number of amides is 2. The summed E-state index contributed by atoms with van der Waals surface area (Å²) in [6.07, 6.45) is 5.42. The summed E-state index contributed by atoms with van der Waals surface area (Å²) in [4.78, 5) is 30.8. The lowest BCUT2D eigenvalue weighted by molar-refractivity contribution is 0.155. The Morgan fingerprint density at radius 3 is 2.81 bits per heavy atom. The van der Waals surface area contributed by atoms with Crippen LogP contribution in [0.1, 0.15) is 23.3 Å². The van der Waals surface area contributed by atoms with E-state index in [1.165, 1.54) is 0 Å². The first kappa shape index (κ1) is 18.8. The highest BCUT2D eigenvalue weighted by atomic mass is 16.5. The van der Waals surface area contributed by atoms with Crippen molar-refractivity contribution in [1.29, 1.82) is 0 Å². The number of nitrogens with one attached hydrogen (secondary N) is 2. The Kier molecular flexibility index (Phi) is 4.79. The summed E-state index contributed by atoms with van der Waals surface area (Å²) in [6.45, 7) is 0.342. The van der Waals surface area contributed by atoms with Crippen LogP contribution in [-0.2, 0) is 13.0 Å². The van der Waals surface area contributed by atoms with Gasteiger partial charge in [0.15, 0.2) is 0 Å². The number of nitrogens with zero attached hydrogens (tertiary/aromatic N) is 5. The van der Waals surface area contributed by atoms with Gasteiger partial charge < -0.3 is 24.5 Å². The Bertz CT molecular complexity index is 1190. The molecule has 10 nitrogen and oxygen atoms in total. The number of fused-ring (bicyclic) bond motifs is 1. The van der Waals surface area contributed by atoms with Crippen molar-refractivity contribution < 1.29 is 14.1 Å². The van der Waals surface area contributed by atoms with Gasteiger partial charge in [-0.2, -0.15) is 4.98 Å². The molecule has 1 aliphatic rings. The summed E-state index contributed by atoms with van der Waals surface area (Å²) in [6, 6.07) is 10.0. The van der Waals surface area contributed by atoms with E-state index in [9.17, 15) is 4.79 Å². The first-order valence-corrected chi connectivity index (χ1v) is 9.68. The third-order valence-electron chi connectivity index (χ3n) is 5.17. The number of hydrogen-bond donors (Lipinski definition) is 2. The van der Waals surface area contributed by atoms with Crippen molar-refractivity contribution in [2.45, 2.75) is 19.0 Å². The Morgan fingerprint density at radius 1 is 1.23 bits per heavy atom. The van der Waals surface area contributed by atoms with Crippen molar-refractivity contribution in [3.05, 3.63) is 72.4 Å². The van der Waals surface area contributed by atoms with Gasteiger partial charge in [0, 0.05) is 30.1 Å². The molecule has 4 heterocycles. The van der Waals surface area contributed by atoms with E-state index in [-0.39, 0.29) is 6.03 Å². The maximum absolute atomic E-state index is 13.2. The van der Waals surface area contributed by atoms with Gasteiger partial charge in [0.2, 0.25) is 11.7 Å². The van der Waals surface area contributed by atoms with E-state index in [1.54, 1.807) is 67.1 Å². The highest BCUT2D eigenvalue weighted by Crippen LogP contribution is 2.32. The van der Waals surface area contributed by atoms with E-state index in [2.05, 4.69) is 30.4 Å². The number of carbonyl (C=O) groups excluding carboxylic acids is 1. The second-order valence-corrected chi connectivity index (χ2v) is 7.03. The molecule has 2 amide bonds. The molecule has 0 saturated heterocycles. The molecular weight excluding hydrogens is 398 g/mol. The lowest BCUT2D eigenvalue weighted by Crippen LogP contribution is -2.41. The molecule has 0 fully saturated rings. The molecule has 2 N–H and O–H groups in total. The number of anilines is 1. The van der Waals surface area contributed by atoms with Crippen molar-refractivity contribution in [2.24, 2.45) is 0 Å². The molecule has 1 aromatic carbocycles. The highest BCUT2D eigenvalue weighted by molar-refractivity contribution is 5.89. The largest absolute Gasteiger partial charge is 0.497 e. The zero-order chi connectivity index (χ0) is 21.2. The zero-order valence-corrected chi connectivity index (χ0v) is 16.6. The van der Waals surface area contributed by atoms with Crippen molar-refractivity contribution in [2.75, 3.05) is 12.4 Å². The number of methoxy groups -OCH3 is 1. The number of imidazole rings is 1. The van der Waals surface area contributed by atoms with Crippen LogP contribution >= 0.6 is 0 Å². The predicted molar refractivity (Wildman–Crippen MR) is 110 cm³/mol. The number of aromatic nitrogens is 5. The van der Waals surface area contributed by atoms with Gasteiger partial charge in [0.1, 0.15) is 11.8 Å². The summed E-state index contributed by atoms with van der Waals surface area (Å²) >= 11 is 0. The fraction of sp³-hybridized carbons (Fsp3) is 0.190. The zero-order valence-electron chi connectivity index (χ0n) is 16.6. The minimum absolute atomic E-state index is 0.279. The van der Waals surface area contributed by atoms with Crippen LogP contribution in [-0.4, -0.2) is 43.1 Å². The van der Waals surface area contributed by atoms with Crippen LogP contribution in [0.3, 0.4) is 0 Å². The first-order chi connectivity index (χ1) is 15.2. The van der Waals surface area contributed by atoms with Crippen LogP contribution in [0.25, 0.3) is 11.4 Å². The first-order valence-electron chi connectivity index (χ1n) is 9.68. The molecule has 0 radical (unpaired) electrons. The molecule has 0 spiro atoms. The SMILES string of the molecule is COc1ccc(NC(=O)N2Cc3[nH]cnc3C[C@H]2c2nc(-c3ccncc3)no2)cc1. The second-order valence-electron chi connectivity index (χ2n) is 7.03. The quantitative estimate of drug-likeness (QED) is 0.523. The van der Waals surface area contributed by atoms with Crippen molar-refractivity contribution in [3.8, 4) is 17.1 Å². The third-order valence-corrected chi connectivity index (χ3v) is 5.17. The molecule has 0 bridgehead atoms. The van der Waals surface area contributed by atoms with Gasteiger partial charge in [-0.25, -0.2) is 9.78 Å². The van der Waals surface area contributed by atoms with Crippen molar-refractivity contribution in [1.82, 2.24) is 30.0 Å². The van der Waals surface area contributed by atoms with Crippen LogP contribution in [0.2, 0.25) is 0 Å². The van der Waals surface area contributed by atoms with Gasteiger partial charge in [0.05, 0.1) is 31.4 Å². The van der Waals surface area contributed by atoms with Gasteiger partial charge >= 0.3 is 6.03 Å². The molecule has 0 unspecified atom stereocenters. The standard InChI is InChI=1S/C21H19N7O3/c1-30-15-4-2-14(3-5-15)25-21(29)28-11-17-16(23-12-24-17)10-18(28)20-26-19(27-31-20)13-6-8-22-9-7-13/h2-9,12,18H,10-11H2,1H3,(H,23,24)(H,25,29)/t18-/m0/s1. The summed E-state index contributed by atoms with van der Waals surface area (Å²) in [5.74, 6) is 1.51. The molecule has 0 saturated carbocycles. The number of H-pyrrole nitrogens is 1. The van der Waals surface area contributed by atoms with E-state index in [0.717, 1.165) is 17.0 Å². The smallest absolute Gasteiger partial charge is 0.322 e. The molecule has 10 heteroatoms. The third kappa shape index (κ3) is 3.70. The van der Waals surface area contributed by atoms with Gasteiger partial charge in [-0.15, -0.1) is 0 Å². The van der Waals surface area contributed by atoms with E-state index >= 15 is 0 Å². The van der Waals surface area contributed by atoms with E-state index < -0.39 is 6.04 Å². The molecule has 1 atom stereocenters. The Morgan fingerprint density at radius 2 is 2.03 bits per heavy atom. The average Bonchev–Trinajstić information content (AvgIpc) is 3.48. The van der Waals surface area contributed by atoms with Crippen LogP contribution in [0.4, 0.5) is 10.5 Å². The minimum Gasteiger partial charge on any atom is -0.497 e. The summed E-state index contributed by atoms with van der Waals surface area (Å²) in [7, 11) is 1.60. The van der Waals surface area contributed by atoms with Gasteiger partial charge in [-0.3, -0.25) is 4.98 Å². The van der Waals surface area contributed by atoms with E-state index in [4.69, 9.17) is 9.26 Å². The number of hydrogen-bond acceptors (Lipinski definition) is 7. The van der Waals surface area contributed by atoms with Crippen LogP contribution in [0, 0.1) is 0 Å². The van der Waals surface area contributed by atoms with Crippen molar-refractivity contribution >= 4 is 11.7 Å². The van der Waals surface area contributed by atoms with Crippen LogP contribution in [0.15, 0.2) is 59.6 Å². The molecule has 156 valence electrons. The lowest BCUT2D eigenvalue weighted by Gasteiger charge is -2.32. The fourth-order valence-corrected chi connectivity index (χ4v) is 3.53. The molecule has 3 aromatic heterocycles. The average molecular weight is 417 g/mol. The normalized spacial score (nSPS) is 15.4. The Labute approximate surface area is 177 Å². The number of rotatable bonds is 4. The number of urea groups is 1. The highest BCUT2D eigenvalue weighted by Gasteiger charge is 2.36. The maximum atomic E-state index is 13.2. The summed E-state index contributed by atoms with van der Waals surface area (Å²) in [5.41, 5.74) is 3.20. The number of aromatic amines is 1. The van der Waals surface area contributed by atoms with E-state index in [1.807, 2.05) is 0 Å². The molecule has 0 aliphatic carbocycles. The number of carbonyl (C=O) groups is 1. The lowest BCUT2D eigenvalue weighted by atomic mass is 10.0. The molecule has 31 heavy (non-hydrogen) atoms. The molecule has 1 aliphatic heterocycles. The number of benzene rings is 1. The minimum atomic E-state index is -0.447. The summed E-state index contributed by atoms with van der Waals surface area (Å²) in [5, 5.41) is 7.01. The van der Waals surface area contributed by atoms with Gasteiger partial charge in [-0.05, 0) is 36.4 Å². The van der Waals surface area contributed by atoms with Gasteiger partial charge in [0.25, 0.3) is 0 Å². The molecular formula is C21H19N7O3.